The third-order valence-corrected chi connectivity index (χ3v) is 2.80. The average Bonchev–Trinajstić information content (AvgIpc) is 2.71. The summed E-state index contributed by atoms with van der Waals surface area (Å²) < 4.78 is 0. The van der Waals surface area contributed by atoms with Crippen LogP contribution in [0.25, 0.3) is 10.9 Å². The summed E-state index contributed by atoms with van der Waals surface area (Å²) in [5, 5.41) is 20.7. The van der Waals surface area contributed by atoms with E-state index in [1.807, 2.05) is 19.1 Å². The number of rotatable bonds is 4. The van der Waals surface area contributed by atoms with Crippen molar-refractivity contribution in [1.82, 2.24) is 4.98 Å². The molecular weight excluding hydrogens is 220 g/mol. The van der Waals surface area contributed by atoms with Crippen LogP contribution in [-0.2, 0) is 12.8 Å². The predicted octanol–water partition coefficient (Wildman–Crippen LogP) is 2.17. The summed E-state index contributed by atoms with van der Waals surface area (Å²) in [7, 11) is 0. The predicted molar refractivity (Wildman–Crippen MR) is 65.1 cm³/mol. The maximum Gasteiger partial charge on any atom is 0.293 e. The van der Waals surface area contributed by atoms with Gasteiger partial charge in [-0.3, -0.25) is 10.1 Å². The van der Waals surface area contributed by atoms with E-state index < -0.39 is 0 Å². The van der Waals surface area contributed by atoms with Gasteiger partial charge in [0, 0.05) is 23.8 Å². The summed E-state index contributed by atoms with van der Waals surface area (Å²) in [6, 6.07) is 5.33. The Bertz CT molecular complexity index is 560. The van der Waals surface area contributed by atoms with E-state index in [2.05, 4.69) is 4.98 Å². The molecule has 0 amide bonds. The van der Waals surface area contributed by atoms with Crippen LogP contribution in [0.3, 0.4) is 0 Å². The summed E-state index contributed by atoms with van der Waals surface area (Å²) in [6.45, 7) is 1.99. The van der Waals surface area contributed by atoms with Crippen LogP contribution in [0.2, 0.25) is 0 Å². The normalized spacial score (nSPS) is 10.9. The van der Waals surface area contributed by atoms with Crippen molar-refractivity contribution >= 4 is 16.6 Å². The van der Waals surface area contributed by atoms with Crippen LogP contribution in [0.1, 0.15) is 18.2 Å². The van der Waals surface area contributed by atoms with Gasteiger partial charge in [-0.2, -0.15) is 0 Å². The number of aliphatic hydroxyl groups excluding tert-OH is 1. The van der Waals surface area contributed by atoms with Crippen molar-refractivity contribution < 1.29 is 10.0 Å². The Hall–Kier alpha value is -1.88. The Kier molecular flexibility index (Phi) is 3.10. The second-order valence-electron chi connectivity index (χ2n) is 3.96. The van der Waals surface area contributed by atoms with Crippen LogP contribution >= 0.6 is 0 Å². The number of aliphatic hydroxyl groups is 1. The van der Waals surface area contributed by atoms with Gasteiger partial charge in [-0.1, -0.05) is 6.92 Å². The highest BCUT2D eigenvalue weighted by atomic mass is 16.6. The molecule has 0 saturated carbocycles. The number of nitrogens with one attached hydrogen (secondary N) is 1. The van der Waals surface area contributed by atoms with Crippen LogP contribution in [0.5, 0.6) is 0 Å². The molecule has 0 aliphatic heterocycles. The maximum atomic E-state index is 11.0. The Balaban J connectivity index is 2.65. The Morgan fingerprint density at radius 3 is 2.76 bits per heavy atom. The van der Waals surface area contributed by atoms with E-state index in [4.69, 9.17) is 5.11 Å². The van der Waals surface area contributed by atoms with Crippen molar-refractivity contribution in [2.45, 2.75) is 19.8 Å². The first-order valence-corrected chi connectivity index (χ1v) is 5.55. The van der Waals surface area contributed by atoms with Gasteiger partial charge in [0.05, 0.1) is 4.92 Å². The van der Waals surface area contributed by atoms with Gasteiger partial charge in [-0.15, -0.1) is 0 Å². The highest BCUT2D eigenvalue weighted by molar-refractivity contribution is 5.89. The molecule has 90 valence electrons. The van der Waals surface area contributed by atoms with Crippen LogP contribution in [0, 0.1) is 10.1 Å². The summed E-state index contributed by atoms with van der Waals surface area (Å²) in [4.78, 5) is 13.7. The van der Waals surface area contributed by atoms with Gasteiger partial charge in [0.15, 0.2) is 0 Å². The number of H-pyrrole nitrogens is 1. The fourth-order valence-electron chi connectivity index (χ4n) is 1.95. The molecule has 0 saturated heterocycles. The lowest BCUT2D eigenvalue weighted by Crippen LogP contribution is -1.95. The van der Waals surface area contributed by atoms with Crippen molar-refractivity contribution in [3.05, 3.63) is 39.6 Å². The molecule has 0 aliphatic rings. The number of nitrogens with zero attached hydrogens (tertiary/aromatic N) is 1. The summed E-state index contributed by atoms with van der Waals surface area (Å²) in [5.41, 5.74) is 2.40. The molecule has 1 aromatic carbocycles. The molecule has 0 fully saturated rings. The topological polar surface area (TPSA) is 79.2 Å². The minimum atomic E-state index is -0.390. The second kappa shape index (κ2) is 4.55. The lowest BCUT2D eigenvalue weighted by atomic mass is 10.1. The van der Waals surface area contributed by atoms with E-state index in [0.29, 0.717) is 11.9 Å². The average molecular weight is 234 g/mol. The van der Waals surface area contributed by atoms with E-state index in [1.54, 1.807) is 0 Å². The largest absolute Gasteiger partial charge is 0.396 e. The smallest absolute Gasteiger partial charge is 0.293 e. The molecule has 1 heterocycles. The molecule has 0 atom stereocenters. The van der Waals surface area contributed by atoms with E-state index >= 15 is 0 Å². The van der Waals surface area contributed by atoms with Gasteiger partial charge in [0.2, 0.25) is 0 Å². The first-order chi connectivity index (χ1) is 8.15. The van der Waals surface area contributed by atoms with Gasteiger partial charge in [0.25, 0.3) is 5.69 Å². The Morgan fingerprint density at radius 1 is 1.41 bits per heavy atom. The van der Waals surface area contributed by atoms with Crippen molar-refractivity contribution in [3.63, 3.8) is 0 Å². The van der Waals surface area contributed by atoms with Crippen molar-refractivity contribution in [3.8, 4) is 0 Å². The second-order valence-corrected chi connectivity index (χ2v) is 3.96. The molecule has 2 rings (SSSR count). The van der Waals surface area contributed by atoms with Crippen molar-refractivity contribution in [2.75, 3.05) is 6.61 Å². The molecule has 0 bridgehead atoms. The Labute approximate surface area is 98.2 Å². The summed E-state index contributed by atoms with van der Waals surface area (Å²) in [5.74, 6) is 0. The summed E-state index contributed by atoms with van der Waals surface area (Å²) in [6.07, 6.45) is 1.24. The maximum absolute atomic E-state index is 11.0. The van der Waals surface area contributed by atoms with Crippen LogP contribution in [0.15, 0.2) is 18.2 Å². The Morgan fingerprint density at radius 2 is 2.18 bits per heavy atom. The lowest BCUT2D eigenvalue weighted by Gasteiger charge is -2.00. The fraction of sp³-hybridized carbons (Fsp3) is 0.333. The molecular formula is C12H14N2O3. The molecule has 0 spiro atoms. The van der Waals surface area contributed by atoms with E-state index in [1.165, 1.54) is 6.07 Å². The third kappa shape index (κ3) is 2.14. The number of nitro benzene ring substituents is 1. The number of aromatic nitrogens is 1. The SMILES string of the molecule is CCc1cc2cc(CCO)cc([N+](=O)[O-])c2[nH]1. The van der Waals surface area contributed by atoms with Gasteiger partial charge in [-0.25, -0.2) is 0 Å². The van der Waals surface area contributed by atoms with Crippen molar-refractivity contribution in [1.29, 1.82) is 0 Å². The first-order valence-electron chi connectivity index (χ1n) is 5.55. The van der Waals surface area contributed by atoms with E-state index in [-0.39, 0.29) is 17.2 Å². The quantitative estimate of drug-likeness (QED) is 0.628. The van der Waals surface area contributed by atoms with Gasteiger partial charge < -0.3 is 10.1 Å². The van der Waals surface area contributed by atoms with E-state index in [0.717, 1.165) is 23.1 Å². The third-order valence-electron chi connectivity index (χ3n) is 2.80. The molecule has 0 aliphatic carbocycles. The van der Waals surface area contributed by atoms with Crippen molar-refractivity contribution in [2.24, 2.45) is 0 Å². The number of nitro groups is 1. The molecule has 0 unspecified atom stereocenters. The molecule has 2 aromatic rings. The highest BCUT2D eigenvalue weighted by Gasteiger charge is 2.15. The standard InChI is InChI=1S/C12H14N2O3/c1-2-10-7-9-5-8(3-4-15)6-11(14(16)17)12(9)13-10/h5-7,13,15H,2-4H2,1H3. The van der Waals surface area contributed by atoms with Crippen LogP contribution in [0.4, 0.5) is 5.69 Å². The number of benzene rings is 1. The zero-order valence-electron chi connectivity index (χ0n) is 9.56. The summed E-state index contributed by atoms with van der Waals surface area (Å²) >= 11 is 0. The minimum Gasteiger partial charge on any atom is -0.396 e. The number of non-ortho nitro benzene ring substituents is 1. The fourth-order valence-corrected chi connectivity index (χ4v) is 1.95. The number of hydrogen-bond acceptors (Lipinski definition) is 3. The zero-order valence-corrected chi connectivity index (χ0v) is 9.56. The number of hydrogen-bond donors (Lipinski definition) is 2. The molecule has 0 radical (unpaired) electrons. The first kappa shape index (κ1) is 11.6. The molecule has 1 aromatic heterocycles. The number of aromatic amines is 1. The van der Waals surface area contributed by atoms with Gasteiger partial charge in [-0.05, 0) is 30.5 Å². The molecule has 2 N–H and O–H groups in total. The van der Waals surface area contributed by atoms with E-state index in [9.17, 15) is 10.1 Å². The minimum absolute atomic E-state index is 0.00623. The number of aryl methyl sites for hydroxylation is 1. The zero-order chi connectivity index (χ0) is 12.4. The van der Waals surface area contributed by atoms with Crippen LogP contribution < -0.4 is 0 Å². The molecule has 17 heavy (non-hydrogen) atoms. The number of fused-ring (bicyclic) bond motifs is 1. The van der Waals surface area contributed by atoms with Gasteiger partial charge in [0.1, 0.15) is 5.52 Å². The molecule has 5 nitrogen and oxygen atoms in total. The highest BCUT2D eigenvalue weighted by Crippen LogP contribution is 2.28. The van der Waals surface area contributed by atoms with Gasteiger partial charge >= 0.3 is 0 Å². The van der Waals surface area contributed by atoms with Crippen LogP contribution in [-0.4, -0.2) is 21.6 Å². The molecule has 5 heteroatoms. The lowest BCUT2D eigenvalue weighted by molar-refractivity contribution is -0.383. The monoisotopic (exact) mass is 234 g/mol.